The lowest BCUT2D eigenvalue weighted by Gasteiger charge is -2.27. The molecule has 5 nitrogen and oxygen atoms in total. The molecule has 0 atom stereocenters. The van der Waals surface area contributed by atoms with Crippen LogP contribution in [-0.4, -0.2) is 47.7 Å². The van der Waals surface area contributed by atoms with Gasteiger partial charge in [0.15, 0.2) is 0 Å². The highest BCUT2D eigenvalue weighted by atomic mass is 16.1. The number of amides is 1. The van der Waals surface area contributed by atoms with E-state index < -0.39 is 0 Å². The summed E-state index contributed by atoms with van der Waals surface area (Å²) in [6.45, 7) is 4.51. The first kappa shape index (κ1) is 16.5. The van der Waals surface area contributed by atoms with Gasteiger partial charge in [0, 0.05) is 48.6 Å². The second-order valence-electron chi connectivity index (χ2n) is 7.58. The van der Waals surface area contributed by atoms with Gasteiger partial charge in [0.1, 0.15) is 5.84 Å². The quantitative estimate of drug-likeness (QED) is 0.898. The lowest BCUT2D eigenvalue weighted by atomic mass is 10.1. The van der Waals surface area contributed by atoms with Crippen molar-refractivity contribution in [1.82, 2.24) is 15.1 Å². The van der Waals surface area contributed by atoms with Crippen LogP contribution in [0, 0.1) is 0 Å². The van der Waals surface area contributed by atoms with Gasteiger partial charge < -0.3 is 15.1 Å². The molecule has 0 saturated carbocycles. The predicted octanol–water partition coefficient (Wildman–Crippen LogP) is 2.57. The molecule has 4 heterocycles. The predicted molar refractivity (Wildman–Crippen MR) is 106 cm³/mol. The molecule has 4 aliphatic heterocycles. The Bertz CT molecular complexity index is 885. The molecule has 0 aromatic heterocycles. The van der Waals surface area contributed by atoms with Crippen LogP contribution in [0.3, 0.4) is 0 Å². The van der Waals surface area contributed by atoms with Crippen molar-refractivity contribution in [1.29, 1.82) is 0 Å². The molecule has 5 heteroatoms. The number of nitrogens with one attached hydrogen (secondary N) is 1. The number of aliphatic imine (C=N–C) groups is 1. The molecule has 1 amide bonds. The van der Waals surface area contributed by atoms with Crippen molar-refractivity contribution >= 4 is 11.7 Å². The number of amidine groups is 1. The maximum Gasteiger partial charge on any atom is 0.248 e. The van der Waals surface area contributed by atoms with Crippen LogP contribution in [0.1, 0.15) is 30.4 Å². The topological polar surface area (TPSA) is 47.9 Å². The third-order valence-corrected chi connectivity index (χ3v) is 5.81. The van der Waals surface area contributed by atoms with E-state index >= 15 is 0 Å². The van der Waals surface area contributed by atoms with Gasteiger partial charge in [-0.05, 0) is 44.0 Å². The Morgan fingerprint density at radius 3 is 2.67 bits per heavy atom. The molecule has 27 heavy (non-hydrogen) atoms. The number of allylic oxidation sites excluding steroid dienone is 1. The molecule has 4 aliphatic rings. The van der Waals surface area contributed by atoms with Crippen LogP contribution >= 0.6 is 0 Å². The van der Waals surface area contributed by atoms with Gasteiger partial charge in [0.25, 0.3) is 0 Å². The second-order valence-corrected chi connectivity index (χ2v) is 7.58. The Kier molecular flexibility index (Phi) is 4.17. The van der Waals surface area contributed by atoms with E-state index in [1.165, 1.54) is 31.5 Å². The van der Waals surface area contributed by atoms with Crippen LogP contribution in [0.15, 0.2) is 64.6 Å². The first-order valence-electron chi connectivity index (χ1n) is 9.88. The zero-order chi connectivity index (χ0) is 18.2. The molecule has 1 aromatic rings. The van der Waals surface area contributed by atoms with E-state index in [9.17, 15) is 4.79 Å². The molecule has 0 radical (unpaired) electrons. The summed E-state index contributed by atoms with van der Waals surface area (Å²) in [4.78, 5) is 21.3. The number of hydrogen-bond acceptors (Lipinski definition) is 4. The zero-order valence-corrected chi connectivity index (χ0v) is 15.4. The largest absolute Gasteiger partial charge is 0.324 e. The lowest BCUT2D eigenvalue weighted by Crippen LogP contribution is -2.31. The van der Waals surface area contributed by atoms with Crippen molar-refractivity contribution in [3.8, 4) is 0 Å². The molecule has 0 spiro atoms. The highest BCUT2D eigenvalue weighted by molar-refractivity contribution is 6.02. The summed E-state index contributed by atoms with van der Waals surface area (Å²) in [5.41, 5.74) is 5.62. The zero-order valence-electron chi connectivity index (χ0n) is 15.4. The van der Waals surface area contributed by atoms with Crippen molar-refractivity contribution in [3.63, 3.8) is 0 Å². The molecule has 5 rings (SSSR count). The van der Waals surface area contributed by atoms with Crippen molar-refractivity contribution in [2.45, 2.75) is 25.7 Å². The van der Waals surface area contributed by atoms with Gasteiger partial charge in [-0.1, -0.05) is 24.3 Å². The Hall–Kier alpha value is -2.66. The Morgan fingerprint density at radius 2 is 1.85 bits per heavy atom. The fourth-order valence-corrected chi connectivity index (χ4v) is 4.36. The summed E-state index contributed by atoms with van der Waals surface area (Å²) >= 11 is 0. The third-order valence-electron chi connectivity index (χ3n) is 5.81. The van der Waals surface area contributed by atoms with Crippen LogP contribution < -0.4 is 5.32 Å². The Morgan fingerprint density at radius 1 is 1.04 bits per heavy atom. The SMILES string of the molecule is O=C1C=CC2=CN=C(c3ccc(CCN4CCCC4)cc3)N3CCC(=C23)N1. The minimum absolute atomic E-state index is 0.0569. The normalized spacial score (nSPS) is 21.8. The van der Waals surface area contributed by atoms with E-state index in [2.05, 4.69) is 39.4 Å². The summed E-state index contributed by atoms with van der Waals surface area (Å²) in [5.74, 6) is 0.915. The number of hydrogen-bond donors (Lipinski definition) is 1. The monoisotopic (exact) mass is 360 g/mol. The van der Waals surface area contributed by atoms with E-state index in [1.807, 2.05) is 12.3 Å². The smallest absolute Gasteiger partial charge is 0.248 e. The maximum absolute atomic E-state index is 11.8. The minimum Gasteiger partial charge on any atom is -0.324 e. The highest BCUT2D eigenvalue weighted by Gasteiger charge is 2.32. The van der Waals surface area contributed by atoms with Gasteiger partial charge in [-0.25, -0.2) is 4.99 Å². The first-order chi connectivity index (χ1) is 13.3. The fraction of sp³-hybridized carbons (Fsp3) is 0.364. The number of rotatable bonds is 4. The van der Waals surface area contributed by atoms with Gasteiger partial charge in [-0.3, -0.25) is 4.79 Å². The average molecular weight is 360 g/mol. The van der Waals surface area contributed by atoms with Crippen molar-refractivity contribution in [2.75, 3.05) is 26.2 Å². The van der Waals surface area contributed by atoms with Crippen LogP contribution in [0.2, 0.25) is 0 Å². The molecule has 1 aromatic carbocycles. The molecule has 0 unspecified atom stereocenters. The molecular formula is C22H24N4O. The molecule has 0 aliphatic carbocycles. The van der Waals surface area contributed by atoms with Crippen molar-refractivity contribution in [3.05, 3.63) is 70.7 Å². The summed E-state index contributed by atoms with van der Waals surface area (Å²) in [5, 5.41) is 3.01. The maximum atomic E-state index is 11.8. The second kappa shape index (κ2) is 6.82. The van der Waals surface area contributed by atoms with Gasteiger partial charge in [-0.15, -0.1) is 0 Å². The van der Waals surface area contributed by atoms with Crippen molar-refractivity contribution in [2.24, 2.45) is 4.99 Å². The van der Waals surface area contributed by atoms with E-state index in [0.29, 0.717) is 0 Å². The van der Waals surface area contributed by atoms with E-state index in [4.69, 9.17) is 4.99 Å². The lowest BCUT2D eigenvalue weighted by molar-refractivity contribution is -0.115. The molecule has 1 fully saturated rings. The number of carbonyl (C=O) groups is 1. The van der Waals surface area contributed by atoms with Gasteiger partial charge in [0.2, 0.25) is 5.91 Å². The van der Waals surface area contributed by atoms with Gasteiger partial charge >= 0.3 is 0 Å². The Labute approximate surface area is 159 Å². The Balaban J connectivity index is 1.36. The number of carbonyl (C=O) groups excluding carboxylic acids is 1. The molecule has 0 bridgehead atoms. The van der Waals surface area contributed by atoms with E-state index in [0.717, 1.165) is 54.3 Å². The number of benzene rings is 1. The van der Waals surface area contributed by atoms with Crippen LogP contribution in [0.4, 0.5) is 0 Å². The minimum atomic E-state index is -0.0569. The highest BCUT2D eigenvalue weighted by Crippen LogP contribution is 2.34. The third kappa shape index (κ3) is 3.12. The molecule has 1 saturated heterocycles. The molecule has 1 N–H and O–H groups in total. The molecular weight excluding hydrogens is 336 g/mol. The van der Waals surface area contributed by atoms with Crippen LogP contribution in [-0.2, 0) is 11.2 Å². The summed E-state index contributed by atoms with van der Waals surface area (Å²) in [6.07, 6.45) is 9.95. The van der Waals surface area contributed by atoms with Crippen LogP contribution in [0.5, 0.6) is 0 Å². The standard InChI is InChI=1S/C22H24N4O/c27-20-8-7-18-15-23-22(26-14-10-19(24-20)21(18)26)17-5-3-16(4-6-17)9-13-25-11-1-2-12-25/h3-8,15H,1-2,9-14H2,(H,24,27). The molecule has 138 valence electrons. The summed E-state index contributed by atoms with van der Waals surface area (Å²) in [6, 6.07) is 8.82. The van der Waals surface area contributed by atoms with Crippen molar-refractivity contribution < 1.29 is 4.79 Å². The first-order valence-corrected chi connectivity index (χ1v) is 9.88. The fourth-order valence-electron chi connectivity index (χ4n) is 4.36. The number of nitrogens with zero attached hydrogens (tertiary/aromatic N) is 3. The van der Waals surface area contributed by atoms with E-state index in [-0.39, 0.29) is 5.91 Å². The van der Waals surface area contributed by atoms with Crippen LogP contribution in [0.25, 0.3) is 0 Å². The number of likely N-dealkylation sites (tertiary alicyclic amines) is 1. The summed E-state index contributed by atoms with van der Waals surface area (Å²) < 4.78 is 0. The van der Waals surface area contributed by atoms with Gasteiger partial charge in [-0.2, -0.15) is 0 Å². The average Bonchev–Trinajstić information content (AvgIpc) is 3.32. The summed E-state index contributed by atoms with van der Waals surface area (Å²) in [7, 11) is 0. The van der Waals surface area contributed by atoms with E-state index in [1.54, 1.807) is 6.08 Å². The van der Waals surface area contributed by atoms with Gasteiger partial charge in [0.05, 0.1) is 5.70 Å².